The van der Waals surface area contributed by atoms with Gasteiger partial charge in [0.25, 0.3) is 0 Å². The molecular formula is C12H17NO. The largest absolute Gasteiger partial charge is 0.357 e. The fourth-order valence-corrected chi connectivity index (χ4v) is 1.73. The topological polar surface area (TPSA) is 12.5 Å². The second kappa shape index (κ2) is 4.11. The molecule has 0 bridgehead atoms. The van der Waals surface area contributed by atoms with E-state index in [1.807, 2.05) is 6.07 Å². The Morgan fingerprint density at radius 3 is 2.57 bits per heavy atom. The second-order valence-corrected chi connectivity index (χ2v) is 4.06. The first-order valence-corrected chi connectivity index (χ1v) is 5.18. The van der Waals surface area contributed by atoms with Crippen molar-refractivity contribution in [1.82, 2.24) is 4.90 Å². The zero-order valence-electron chi connectivity index (χ0n) is 8.81. The van der Waals surface area contributed by atoms with Crippen LogP contribution in [0.25, 0.3) is 0 Å². The molecule has 1 heterocycles. The zero-order valence-corrected chi connectivity index (χ0v) is 8.81. The lowest BCUT2D eigenvalue weighted by Crippen LogP contribution is -2.27. The van der Waals surface area contributed by atoms with E-state index in [4.69, 9.17) is 4.74 Å². The van der Waals surface area contributed by atoms with Gasteiger partial charge in [-0.1, -0.05) is 30.3 Å². The molecule has 0 spiro atoms. The zero-order chi connectivity index (χ0) is 9.97. The molecule has 1 fully saturated rings. The van der Waals surface area contributed by atoms with Crippen LogP contribution >= 0.6 is 0 Å². The Hall–Kier alpha value is -0.860. The van der Waals surface area contributed by atoms with Crippen molar-refractivity contribution in [2.45, 2.75) is 26.0 Å². The molecule has 2 nitrogen and oxygen atoms in total. The summed E-state index contributed by atoms with van der Waals surface area (Å²) < 4.78 is 5.74. The maximum atomic E-state index is 5.74. The van der Waals surface area contributed by atoms with Gasteiger partial charge in [-0.3, -0.25) is 4.90 Å². The minimum absolute atomic E-state index is 0.263. The molecule has 0 aliphatic carbocycles. The van der Waals surface area contributed by atoms with Crippen molar-refractivity contribution < 1.29 is 4.74 Å². The van der Waals surface area contributed by atoms with Crippen LogP contribution in [-0.4, -0.2) is 24.2 Å². The lowest BCUT2D eigenvalue weighted by Gasteiger charge is -2.17. The smallest absolute Gasteiger partial charge is 0.100 e. The summed E-state index contributed by atoms with van der Waals surface area (Å²) in [4.78, 5) is 2.34. The van der Waals surface area contributed by atoms with E-state index in [2.05, 4.69) is 43.0 Å². The molecule has 1 aromatic carbocycles. The molecule has 2 heteroatoms. The number of ether oxygens (including phenoxy) is 1. The average molecular weight is 191 g/mol. The van der Waals surface area contributed by atoms with Crippen LogP contribution in [0, 0.1) is 0 Å². The monoisotopic (exact) mass is 191 g/mol. The van der Waals surface area contributed by atoms with Crippen molar-refractivity contribution in [3.8, 4) is 0 Å². The molecule has 1 aromatic rings. The van der Waals surface area contributed by atoms with Gasteiger partial charge in [0.2, 0.25) is 0 Å². The van der Waals surface area contributed by atoms with Crippen LogP contribution in [0.5, 0.6) is 0 Å². The van der Waals surface area contributed by atoms with Crippen molar-refractivity contribution in [3.05, 3.63) is 35.9 Å². The summed E-state index contributed by atoms with van der Waals surface area (Å²) in [6.07, 6.45) is 0.263. The molecule has 76 valence electrons. The summed E-state index contributed by atoms with van der Waals surface area (Å²) in [6, 6.07) is 11.0. The summed E-state index contributed by atoms with van der Waals surface area (Å²) in [5.41, 5.74) is 1.29. The normalized spacial score (nSPS) is 23.2. The van der Waals surface area contributed by atoms with Crippen LogP contribution < -0.4 is 0 Å². The minimum Gasteiger partial charge on any atom is -0.357 e. The minimum atomic E-state index is 0.263. The summed E-state index contributed by atoms with van der Waals surface area (Å²) >= 11 is 0. The Kier molecular flexibility index (Phi) is 2.85. The SMILES string of the molecule is CC(C)N1COC(c2ccccc2)C1. The van der Waals surface area contributed by atoms with Gasteiger partial charge >= 0.3 is 0 Å². The van der Waals surface area contributed by atoms with Crippen molar-refractivity contribution in [3.63, 3.8) is 0 Å². The number of nitrogens with zero attached hydrogens (tertiary/aromatic N) is 1. The van der Waals surface area contributed by atoms with Crippen LogP contribution in [0.15, 0.2) is 30.3 Å². The van der Waals surface area contributed by atoms with Crippen molar-refractivity contribution in [2.75, 3.05) is 13.3 Å². The highest BCUT2D eigenvalue weighted by Crippen LogP contribution is 2.25. The van der Waals surface area contributed by atoms with Crippen LogP contribution in [-0.2, 0) is 4.74 Å². The lowest BCUT2D eigenvalue weighted by atomic mass is 10.1. The fraction of sp³-hybridized carbons (Fsp3) is 0.500. The van der Waals surface area contributed by atoms with Gasteiger partial charge in [-0.25, -0.2) is 0 Å². The Labute approximate surface area is 85.5 Å². The third-order valence-corrected chi connectivity index (χ3v) is 2.74. The highest BCUT2D eigenvalue weighted by atomic mass is 16.5. The van der Waals surface area contributed by atoms with Gasteiger partial charge in [0, 0.05) is 12.6 Å². The van der Waals surface area contributed by atoms with Gasteiger partial charge in [-0.2, -0.15) is 0 Å². The molecule has 0 amide bonds. The first-order valence-electron chi connectivity index (χ1n) is 5.18. The van der Waals surface area contributed by atoms with Crippen molar-refractivity contribution in [1.29, 1.82) is 0 Å². The number of benzene rings is 1. The standard InChI is InChI=1S/C12H17NO/c1-10(2)13-8-12(14-9-13)11-6-4-3-5-7-11/h3-7,10,12H,8-9H2,1-2H3. The number of rotatable bonds is 2. The van der Waals surface area contributed by atoms with E-state index in [-0.39, 0.29) is 6.10 Å². The Balaban J connectivity index is 2.03. The summed E-state index contributed by atoms with van der Waals surface area (Å²) in [7, 11) is 0. The maximum Gasteiger partial charge on any atom is 0.100 e. The summed E-state index contributed by atoms with van der Waals surface area (Å²) in [6.45, 7) is 6.19. The van der Waals surface area contributed by atoms with Crippen LogP contribution in [0.4, 0.5) is 0 Å². The van der Waals surface area contributed by atoms with Gasteiger partial charge in [0.15, 0.2) is 0 Å². The van der Waals surface area contributed by atoms with E-state index < -0.39 is 0 Å². The maximum absolute atomic E-state index is 5.74. The van der Waals surface area contributed by atoms with Crippen molar-refractivity contribution in [2.24, 2.45) is 0 Å². The molecule has 0 saturated carbocycles. The quantitative estimate of drug-likeness (QED) is 0.712. The second-order valence-electron chi connectivity index (χ2n) is 4.06. The summed E-state index contributed by atoms with van der Waals surface area (Å²) in [5, 5.41) is 0. The molecule has 2 rings (SSSR count). The molecule has 0 N–H and O–H groups in total. The predicted molar refractivity (Wildman–Crippen MR) is 57.0 cm³/mol. The third-order valence-electron chi connectivity index (χ3n) is 2.74. The highest BCUT2D eigenvalue weighted by molar-refractivity contribution is 5.18. The molecule has 14 heavy (non-hydrogen) atoms. The molecule has 1 aliphatic rings. The lowest BCUT2D eigenvalue weighted by molar-refractivity contribution is 0.0820. The Bertz CT molecular complexity index is 284. The number of hydrogen-bond donors (Lipinski definition) is 0. The highest BCUT2D eigenvalue weighted by Gasteiger charge is 2.25. The van der Waals surface area contributed by atoms with Crippen LogP contribution in [0.2, 0.25) is 0 Å². The van der Waals surface area contributed by atoms with Crippen LogP contribution in [0.1, 0.15) is 25.5 Å². The van der Waals surface area contributed by atoms with Crippen LogP contribution in [0.3, 0.4) is 0 Å². The molecule has 1 atom stereocenters. The fourth-order valence-electron chi connectivity index (χ4n) is 1.73. The molecule has 1 aliphatic heterocycles. The van der Waals surface area contributed by atoms with Crippen molar-refractivity contribution >= 4 is 0 Å². The molecule has 0 aromatic heterocycles. The average Bonchev–Trinajstić information content (AvgIpc) is 2.68. The van der Waals surface area contributed by atoms with E-state index in [9.17, 15) is 0 Å². The van der Waals surface area contributed by atoms with Gasteiger partial charge in [-0.15, -0.1) is 0 Å². The predicted octanol–water partition coefficient (Wildman–Crippen LogP) is 2.43. The summed E-state index contributed by atoms with van der Waals surface area (Å²) in [5.74, 6) is 0. The van der Waals surface area contributed by atoms with Gasteiger partial charge < -0.3 is 4.74 Å². The van der Waals surface area contributed by atoms with Gasteiger partial charge in [0.1, 0.15) is 6.73 Å². The first-order chi connectivity index (χ1) is 6.77. The first kappa shape index (κ1) is 9.69. The molecule has 1 unspecified atom stereocenters. The Morgan fingerprint density at radius 2 is 2.00 bits per heavy atom. The van der Waals surface area contributed by atoms with E-state index >= 15 is 0 Å². The molecule has 0 radical (unpaired) electrons. The third kappa shape index (κ3) is 1.97. The molecular weight excluding hydrogens is 174 g/mol. The van der Waals surface area contributed by atoms with Gasteiger partial charge in [-0.05, 0) is 19.4 Å². The van der Waals surface area contributed by atoms with Gasteiger partial charge in [0.05, 0.1) is 6.10 Å². The Morgan fingerprint density at radius 1 is 1.29 bits per heavy atom. The van der Waals surface area contributed by atoms with E-state index in [1.165, 1.54) is 5.56 Å². The molecule has 1 saturated heterocycles. The number of hydrogen-bond acceptors (Lipinski definition) is 2. The van der Waals surface area contributed by atoms with E-state index in [0.717, 1.165) is 13.3 Å². The van der Waals surface area contributed by atoms with E-state index in [1.54, 1.807) is 0 Å². The van der Waals surface area contributed by atoms with E-state index in [0.29, 0.717) is 6.04 Å².